The van der Waals surface area contributed by atoms with Gasteiger partial charge in [-0.25, -0.2) is 9.59 Å². The Bertz CT molecular complexity index is 193. The fourth-order valence-electron chi connectivity index (χ4n) is 0.717. The van der Waals surface area contributed by atoms with Gasteiger partial charge in [-0.2, -0.15) is 0 Å². The summed E-state index contributed by atoms with van der Waals surface area (Å²) >= 11 is 0. The summed E-state index contributed by atoms with van der Waals surface area (Å²) in [6.45, 7) is 0.210. The van der Waals surface area contributed by atoms with Gasteiger partial charge >= 0.3 is 12.2 Å². The summed E-state index contributed by atoms with van der Waals surface area (Å²) in [5.74, 6) is 0. The van der Waals surface area contributed by atoms with Crippen molar-refractivity contribution >= 4 is 12.2 Å². The lowest BCUT2D eigenvalue weighted by atomic mass is 10.5. The number of nitrogens with zero attached hydrogens (tertiary/aromatic N) is 1. The van der Waals surface area contributed by atoms with Gasteiger partial charge in [0, 0.05) is 7.05 Å². The van der Waals surface area contributed by atoms with Crippen molar-refractivity contribution in [1.29, 1.82) is 0 Å². The summed E-state index contributed by atoms with van der Waals surface area (Å²) in [6.07, 6.45) is -2.39. The lowest BCUT2D eigenvalue weighted by Crippen LogP contribution is -2.38. The Morgan fingerprint density at radius 1 is 1.91 bits per heavy atom. The van der Waals surface area contributed by atoms with Gasteiger partial charge in [-0.1, -0.05) is 0 Å². The number of carbonyl (C=O) groups is 2. The molecule has 0 aromatic heterocycles. The monoisotopic (exact) mass is 160 g/mol. The number of hydrogen-bond acceptors (Lipinski definition) is 3. The summed E-state index contributed by atoms with van der Waals surface area (Å²) < 4.78 is 4.58. The van der Waals surface area contributed by atoms with Crippen molar-refractivity contribution in [3.05, 3.63) is 0 Å². The molecule has 1 unspecified atom stereocenters. The van der Waals surface area contributed by atoms with E-state index in [1.54, 1.807) is 0 Å². The number of ether oxygens (including phenoxy) is 1. The molecular weight excluding hydrogens is 152 g/mol. The number of rotatable bonds is 1. The number of carboxylic acid groups (broad SMARTS) is 1. The van der Waals surface area contributed by atoms with Crippen molar-refractivity contribution < 1.29 is 19.4 Å². The molecule has 62 valence electrons. The lowest BCUT2D eigenvalue weighted by Gasteiger charge is -2.17. The minimum absolute atomic E-state index is 0.210. The number of amides is 2. The molecule has 0 aromatic carbocycles. The van der Waals surface area contributed by atoms with Crippen LogP contribution in [0.3, 0.4) is 0 Å². The first-order valence-corrected chi connectivity index (χ1v) is 3.01. The van der Waals surface area contributed by atoms with Gasteiger partial charge in [-0.15, -0.1) is 0 Å². The maximum Gasteiger partial charge on any atom is 0.409 e. The first-order valence-electron chi connectivity index (χ1n) is 3.01. The molecule has 0 aliphatic carbocycles. The Morgan fingerprint density at radius 2 is 2.55 bits per heavy atom. The molecule has 1 fully saturated rings. The molecular formula is C5H8N2O4. The molecule has 1 heterocycles. The number of carbonyl (C=O) groups excluding carboxylic acids is 1. The summed E-state index contributed by atoms with van der Waals surface area (Å²) in [4.78, 5) is 21.7. The Morgan fingerprint density at radius 3 is 2.91 bits per heavy atom. The molecule has 2 N–H and O–H groups in total. The highest BCUT2D eigenvalue weighted by Crippen LogP contribution is 2.03. The van der Waals surface area contributed by atoms with Crippen LogP contribution < -0.4 is 5.32 Å². The molecule has 6 heteroatoms. The fourth-order valence-corrected chi connectivity index (χ4v) is 0.717. The molecule has 0 radical (unpaired) electrons. The third-order valence-corrected chi connectivity index (χ3v) is 1.40. The van der Waals surface area contributed by atoms with E-state index in [1.165, 1.54) is 7.05 Å². The summed E-state index contributed by atoms with van der Waals surface area (Å²) in [6, 6.07) is 0. The van der Waals surface area contributed by atoms with E-state index in [9.17, 15) is 9.59 Å². The maximum atomic E-state index is 10.4. The van der Waals surface area contributed by atoms with Gasteiger partial charge in [-0.3, -0.25) is 4.90 Å². The quantitative estimate of drug-likeness (QED) is 0.550. The molecule has 6 nitrogen and oxygen atoms in total. The zero-order chi connectivity index (χ0) is 8.43. The van der Waals surface area contributed by atoms with Crippen LogP contribution in [0.1, 0.15) is 0 Å². The van der Waals surface area contributed by atoms with E-state index >= 15 is 0 Å². The number of cyclic esters (lactones) is 1. The Kier molecular flexibility index (Phi) is 1.84. The van der Waals surface area contributed by atoms with Gasteiger partial charge in [0.2, 0.25) is 0 Å². The summed E-state index contributed by atoms with van der Waals surface area (Å²) in [5, 5.41) is 10.8. The van der Waals surface area contributed by atoms with Crippen LogP contribution in [0, 0.1) is 0 Å². The van der Waals surface area contributed by atoms with Crippen molar-refractivity contribution in [1.82, 2.24) is 10.2 Å². The van der Waals surface area contributed by atoms with Gasteiger partial charge < -0.3 is 15.2 Å². The Labute approximate surface area is 62.7 Å². The van der Waals surface area contributed by atoms with Gasteiger partial charge in [0.25, 0.3) is 0 Å². The molecule has 0 bridgehead atoms. The molecule has 1 aliphatic heterocycles. The highest BCUT2D eigenvalue weighted by atomic mass is 16.6. The predicted octanol–water partition coefficient (Wildman–Crippen LogP) is -0.338. The minimum Gasteiger partial charge on any atom is -0.465 e. The van der Waals surface area contributed by atoms with E-state index in [4.69, 9.17) is 5.11 Å². The number of likely N-dealkylation sites (N-methyl/N-ethyl adjacent to an activating group) is 1. The van der Waals surface area contributed by atoms with Gasteiger partial charge in [0.05, 0.1) is 6.54 Å². The summed E-state index contributed by atoms with van der Waals surface area (Å²) in [7, 11) is 1.34. The van der Waals surface area contributed by atoms with Crippen LogP contribution in [0.15, 0.2) is 0 Å². The number of alkyl carbamates (subject to hydrolysis) is 1. The largest absolute Gasteiger partial charge is 0.465 e. The van der Waals surface area contributed by atoms with E-state index in [1.807, 2.05) is 0 Å². The van der Waals surface area contributed by atoms with E-state index in [0.29, 0.717) is 0 Å². The maximum absolute atomic E-state index is 10.4. The molecule has 2 amide bonds. The normalized spacial score (nSPS) is 22.3. The second-order valence-electron chi connectivity index (χ2n) is 2.13. The number of nitrogens with one attached hydrogen (secondary N) is 1. The molecule has 11 heavy (non-hydrogen) atoms. The molecule has 0 saturated carbocycles. The van der Waals surface area contributed by atoms with Gasteiger partial charge in [-0.05, 0) is 0 Å². The average Bonchev–Trinajstić information content (AvgIpc) is 2.34. The van der Waals surface area contributed by atoms with Crippen LogP contribution >= 0.6 is 0 Å². The minimum atomic E-state index is -1.12. The van der Waals surface area contributed by atoms with Crippen LogP contribution in [-0.4, -0.2) is 42.0 Å². The topological polar surface area (TPSA) is 78.9 Å². The van der Waals surface area contributed by atoms with Crippen LogP contribution in [0.4, 0.5) is 9.59 Å². The average molecular weight is 160 g/mol. The Balaban J connectivity index is 2.49. The molecule has 1 atom stereocenters. The zero-order valence-electron chi connectivity index (χ0n) is 5.90. The van der Waals surface area contributed by atoms with Crippen molar-refractivity contribution in [3.8, 4) is 0 Å². The first-order chi connectivity index (χ1) is 5.11. The SMILES string of the molecule is CN(C(=O)O)C1CNC(=O)O1. The highest BCUT2D eigenvalue weighted by molar-refractivity contribution is 5.71. The first kappa shape index (κ1) is 7.64. The van der Waals surface area contributed by atoms with Gasteiger partial charge in [0.1, 0.15) is 0 Å². The second-order valence-corrected chi connectivity index (χ2v) is 2.13. The van der Waals surface area contributed by atoms with Crippen molar-refractivity contribution in [2.75, 3.05) is 13.6 Å². The molecule has 1 rings (SSSR count). The molecule has 0 spiro atoms. The second kappa shape index (κ2) is 2.65. The van der Waals surface area contributed by atoms with E-state index in [2.05, 4.69) is 10.1 Å². The van der Waals surface area contributed by atoms with E-state index in [0.717, 1.165) is 4.90 Å². The number of hydrogen-bond donors (Lipinski definition) is 2. The molecule has 1 saturated heterocycles. The van der Waals surface area contributed by atoms with E-state index in [-0.39, 0.29) is 6.54 Å². The predicted molar refractivity (Wildman–Crippen MR) is 34.1 cm³/mol. The van der Waals surface area contributed by atoms with Gasteiger partial charge in [0.15, 0.2) is 6.23 Å². The van der Waals surface area contributed by atoms with Crippen LogP contribution in [0.5, 0.6) is 0 Å². The third-order valence-electron chi connectivity index (χ3n) is 1.40. The van der Waals surface area contributed by atoms with Crippen LogP contribution in [0.25, 0.3) is 0 Å². The van der Waals surface area contributed by atoms with Crippen molar-refractivity contribution in [2.24, 2.45) is 0 Å². The lowest BCUT2D eigenvalue weighted by molar-refractivity contribution is 0.0415. The summed E-state index contributed by atoms with van der Waals surface area (Å²) in [5.41, 5.74) is 0. The fraction of sp³-hybridized carbons (Fsp3) is 0.600. The van der Waals surface area contributed by atoms with Crippen LogP contribution in [-0.2, 0) is 4.74 Å². The third kappa shape index (κ3) is 1.51. The molecule has 1 aliphatic rings. The van der Waals surface area contributed by atoms with Crippen molar-refractivity contribution in [3.63, 3.8) is 0 Å². The van der Waals surface area contributed by atoms with Crippen LogP contribution in [0.2, 0.25) is 0 Å². The smallest absolute Gasteiger partial charge is 0.409 e. The Hall–Kier alpha value is -1.46. The van der Waals surface area contributed by atoms with Crippen molar-refractivity contribution in [2.45, 2.75) is 6.23 Å². The highest BCUT2D eigenvalue weighted by Gasteiger charge is 2.28. The zero-order valence-corrected chi connectivity index (χ0v) is 5.90. The standard InChI is InChI=1S/C5H8N2O4/c1-7(5(9)10)3-2-6-4(8)11-3/h3H,2H2,1H3,(H,6,8)(H,9,10). The van der Waals surface area contributed by atoms with E-state index < -0.39 is 18.4 Å². The molecule has 0 aromatic rings.